The van der Waals surface area contributed by atoms with Gasteiger partial charge in [0, 0.05) is 0 Å². The monoisotopic (exact) mass is 264 g/mol. The zero-order valence-corrected chi connectivity index (χ0v) is 7.84. The minimum absolute atomic E-state index is 1.06. The molecule has 1 aromatic rings. The molecule has 0 aliphatic heterocycles. The van der Waals surface area contributed by atoms with Gasteiger partial charge in [-0.05, 0) is 11.6 Å². The van der Waals surface area contributed by atoms with Crippen molar-refractivity contribution in [3.8, 4) is 0 Å². The number of rotatable bonds is 1. The lowest BCUT2D eigenvalue weighted by Gasteiger charge is -2.13. The van der Waals surface area contributed by atoms with E-state index < -0.39 is 34.1 Å². The number of hydrogen-bond donors (Lipinski definition) is 2. The summed E-state index contributed by atoms with van der Waals surface area (Å²) in [7, 11) is 0. The van der Waals surface area contributed by atoms with Gasteiger partial charge in [0.1, 0.15) is 11.3 Å². The third kappa shape index (κ3) is 2.40. The summed E-state index contributed by atoms with van der Waals surface area (Å²) >= 11 is 4.35. The summed E-state index contributed by atoms with van der Waals surface area (Å²) in [5.41, 5.74) is -7.65. The topological polar surface area (TPSA) is 65.7 Å². The fourth-order valence-corrected chi connectivity index (χ4v) is 1.15. The van der Waals surface area contributed by atoms with E-state index in [-0.39, 0.29) is 0 Å². The Morgan fingerprint density at radius 2 is 1.50 bits per heavy atom. The summed E-state index contributed by atoms with van der Waals surface area (Å²) in [4.78, 5) is 23.6. The fourth-order valence-electron chi connectivity index (χ4n) is 0.970. The SMILES string of the molecule is O=c1[nH]c(C(F)(F)F)c(C(F)(F)Cl)c(=O)[nH]1. The van der Waals surface area contributed by atoms with Crippen LogP contribution in [0.2, 0.25) is 0 Å². The Morgan fingerprint density at radius 1 is 1.00 bits per heavy atom. The van der Waals surface area contributed by atoms with Crippen LogP contribution in [0.1, 0.15) is 11.3 Å². The van der Waals surface area contributed by atoms with Crippen LogP contribution in [0.3, 0.4) is 0 Å². The quantitative estimate of drug-likeness (QED) is 0.594. The number of nitrogens with one attached hydrogen (secondary N) is 2. The first-order chi connectivity index (χ1) is 7.03. The molecule has 0 bridgehead atoms. The van der Waals surface area contributed by atoms with E-state index in [1.54, 1.807) is 0 Å². The highest BCUT2D eigenvalue weighted by Crippen LogP contribution is 2.37. The molecular formula is C6H2ClF5N2O2. The molecule has 0 aromatic carbocycles. The van der Waals surface area contributed by atoms with Crippen LogP contribution < -0.4 is 11.2 Å². The minimum Gasteiger partial charge on any atom is -0.303 e. The van der Waals surface area contributed by atoms with Gasteiger partial charge in [0.05, 0.1) is 0 Å². The van der Waals surface area contributed by atoms with Crippen molar-refractivity contribution < 1.29 is 22.0 Å². The zero-order valence-electron chi connectivity index (χ0n) is 7.08. The van der Waals surface area contributed by atoms with Crippen LogP contribution in [-0.4, -0.2) is 9.97 Å². The lowest BCUT2D eigenvalue weighted by molar-refractivity contribution is -0.144. The van der Waals surface area contributed by atoms with Gasteiger partial charge in [-0.3, -0.25) is 9.78 Å². The first-order valence-corrected chi connectivity index (χ1v) is 3.92. The molecule has 16 heavy (non-hydrogen) atoms. The molecule has 2 N–H and O–H groups in total. The molecule has 4 nitrogen and oxygen atoms in total. The molecule has 0 spiro atoms. The Labute approximate surface area is 88.1 Å². The van der Waals surface area contributed by atoms with Gasteiger partial charge in [-0.15, -0.1) is 0 Å². The highest BCUT2D eigenvalue weighted by Gasteiger charge is 2.45. The van der Waals surface area contributed by atoms with Gasteiger partial charge in [0.2, 0.25) is 0 Å². The van der Waals surface area contributed by atoms with E-state index in [1.807, 2.05) is 0 Å². The minimum atomic E-state index is -5.32. The smallest absolute Gasteiger partial charge is 0.303 e. The Balaban J connectivity index is 3.72. The molecule has 0 aliphatic carbocycles. The summed E-state index contributed by atoms with van der Waals surface area (Å²) in [6.45, 7) is 0. The number of hydrogen-bond acceptors (Lipinski definition) is 2. The van der Waals surface area contributed by atoms with Crippen LogP contribution in [0.5, 0.6) is 0 Å². The van der Waals surface area contributed by atoms with Crippen LogP contribution in [0, 0.1) is 0 Å². The normalized spacial score (nSPS) is 12.9. The maximum absolute atomic E-state index is 12.6. The second kappa shape index (κ2) is 3.58. The van der Waals surface area contributed by atoms with Gasteiger partial charge in [-0.25, -0.2) is 4.79 Å². The summed E-state index contributed by atoms with van der Waals surface area (Å²) in [6.07, 6.45) is -5.32. The van der Waals surface area contributed by atoms with Gasteiger partial charge in [-0.2, -0.15) is 22.0 Å². The highest BCUT2D eigenvalue weighted by atomic mass is 35.5. The largest absolute Gasteiger partial charge is 0.432 e. The Hall–Kier alpha value is -1.38. The van der Waals surface area contributed by atoms with E-state index in [2.05, 4.69) is 11.6 Å². The fraction of sp³-hybridized carbons (Fsp3) is 0.333. The van der Waals surface area contributed by atoms with E-state index in [4.69, 9.17) is 0 Å². The second-order valence-corrected chi connectivity index (χ2v) is 3.13. The van der Waals surface area contributed by atoms with E-state index in [0.717, 1.165) is 4.98 Å². The van der Waals surface area contributed by atoms with E-state index in [1.165, 1.54) is 4.98 Å². The summed E-state index contributed by atoms with van der Waals surface area (Å²) in [5.74, 6) is 0. The highest BCUT2D eigenvalue weighted by molar-refractivity contribution is 6.21. The van der Waals surface area contributed by atoms with E-state index in [9.17, 15) is 31.5 Å². The third-order valence-electron chi connectivity index (χ3n) is 1.51. The van der Waals surface area contributed by atoms with Crippen molar-refractivity contribution in [1.82, 2.24) is 9.97 Å². The molecule has 0 fully saturated rings. The maximum atomic E-state index is 12.6. The number of aromatic nitrogens is 2. The zero-order chi connectivity index (χ0) is 12.7. The molecule has 0 radical (unpaired) electrons. The Bertz CT molecular complexity index is 511. The van der Waals surface area contributed by atoms with Crippen molar-refractivity contribution in [3.63, 3.8) is 0 Å². The lowest BCUT2D eigenvalue weighted by Crippen LogP contribution is -2.35. The number of aromatic amines is 2. The Kier molecular flexibility index (Phi) is 2.84. The first kappa shape index (κ1) is 12.7. The van der Waals surface area contributed by atoms with Crippen molar-refractivity contribution in [2.75, 3.05) is 0 Å². The third-order valence-corrected chi connectivity index (χ3v) is 1.70. The van der Waals surface area contributed by atoms with Gasteiger partial charge < -0.3 is 4.98 Å². The van der Waals surface area contributed by atoms with Crippen molar-refractivity contribution in [2.45, 2.75) is 11.6 Å². The van der Waals surface area contributed by atoms with Crippen molar-refractivity contribution in [3.05, 3.63) is 32.1 Å². The average molecular weight is 265 g/mol. The molecule has 0 saturated heterocycles. The molecule has 0 unspecified atom stereocenters. The number of H-pyrrole nitrogens is 2. The second-order valence-electron chi connectivity index (χ2n) is 2.65. The number of halogens is 6. The van der Waals surface area contributed by atoms with Crippen LogP contribution in [0.15, 0.2) is 9.59 Å². The molecule has 0 amide bonds. The van der Waals surface area contributed by atoms with Crippen LogP contribution >= 0.6 is 11.6 Å². The summed E-state index contributed by atoms with van der Waals surface area (Å²) in [6, 6.07) is 0. The number of alkyl halides is 6. The standard InChI is InChI=1S/C6H2ClF5N2O2/c7-5(8,9)1-2(6(10,11)12)13-4(16)14-3(1)15/h(H2,13,14,15,16). The van der Waals surface area contributed by atoms with Crippen molar-refractivity contribution in [1.29, 1.82) is 0 Å². The lowest BCUT2D eigenvalue weighted by atomic mass is 10.2. The van der Waals surface area contributed by atoms with E-state index >= 15 is 0 Å². The summed E-state index contributed by atoms with van der Waals surface area (Å²) in [5, 5.41) is -4.54. The molecule has 1 rings (SSSR count). The van der Waals surface area contributed by atoms with Crippen LogP contribution in [0.4, 0.5) is 22.0 Å². The first-order valence-electron chi connectivity index (χ1n) is 3.54. The predicted molar refractivity (Wildman–Crippen MR) is 42.4 cm³/mol. The van der Waals surface area contributed by atoms with Gasteiger partial charge in [-0.1, -0.05) is 0 Å². The van der Waals surface area contributed by atoms with Crippen LogP contribution in [-0.2, 0) is 11.6 Å². The van der Waals surface area contributed by atoms with Crippen LogP contribution in [0.25, 0.3) is 0 Å². The van der Waals surface area contributed by atoms with E-state index in [0.29, 0.717) is 0 Å². The molecule has 1 aromatic heterocycles. The average Bonchev–Trinajstić information content (AvgIpc) is 1.97. The Morgan fingerprint density at radius 3 is 1.88 bits per heavy atom. The summed E-state index contributed by atoms with van der Waals surface area (Å²) < 4.78 is 61.8. The molecule has 0 saturated carbocycles. The molecular weight excluding hydrogens is 263 g/mol. The molecule has 1 heterocycles. The molecule has 0 atom stereocenters. The van der Waals surface area contributed by atoms with Gasteiger partial charge >= 0.3 is 17.2 Å². The maximum Gasteiger partial charge on any atom is 0.432 e. The van der Waals surface area contributed by atoms with Gasteiger partial charge in [0.25, 0.3) is 5.56 Å². The molecule has 0 aliphatic rings. The van der Waals surface area contributed by atoms with Gasteiger partial charge in [0.15, 0.2) is 0 Å². The molecule has 90 valence electrons. The van der Waals surface area contributed by atoms with Crippen molar-refractivity contribution >= 4 is 11.6 Å². The predicted octanol–water partition coefficient (Wildman–Crippen LogP) is 1.37. The van der Waals surface area contributed by atoms with Crippen molar-refractivity contribution in [2.24, 2.45) is 0 Å². The molecule has 10 heteroatoms.